The van der Waals surface area contributed by atoms with E-state index in [4.69, 9.17) is 14.8 Å². The average molecular weight is 580 g/mol. The lowest BCUT2D eigenvalue weighted by Crippen LogP contribution is -2.53. The Bertz CT molecular complexity index is 1290. The number of ether oxygens (including phenoxy) is 1. The number of rotatable bonds is 9. The highest BCUT2D eigenvalue weighted by Gasteiger charge is 2.30. The van der Waals surface area contributed by atoms with Crippen LogP contribution in [0.2, 0.25) is 0 Å². The van der Waals surface area contributed by atoms with E-state index >= 15 is 0 Å². The highest BCUT2D eigenvalue weighted by Crippen LogP contribution is 2.36. The van der Waals surface area contributed by atoms with Gasteiger partial charge in [-0.25, -0.2) is 9.78 Å². The zero-order valence-electron chi connectivity index (χ0n) is 22.2. The van der Waals surface area contributed by atoms with E-state index in [-0.39, 0.29) is 0 Å². The summed E-state index contributed by atoms with van der Waals surface area (Å²) in [6.45, 7) is 10.1. The summed E-state index contributed by atoms with van der Waals surface area (Å²) >= 11 is 3.14. The van der Waals surface area contributed by atoms with Crippen LogP contribution in [0.15, 0.2) is 47.4 Å². The van der Waals surface area contributed by atoms with Crippen molar-refractivity contribution in [3.8, 4) is 16.3 Å². The molecule has 1 saturated heterocycles. The predicted octanol–water partition coefficient (Wildman–Crippen LogP) is 6.46. The molecule has 0 radical (unpaired) electrons. The monoisotopic (exact) mass is 579 g/mol. The minimum absolute atomic E-state index is 0.354. The molecule has 2 heterocycles. The first kappa shape index (κ1) is 29.4. The number of benzene rings is 2. The molecule has 3 unspecified atom stereocenters. The molecule has 1 fully saturated rings. The Labute approximate surface area is 234 Å². The fraction of sp³-hybridized carbons (Fsp3) is 0.429. The third-order valence-corrected chi connectivity index (χ3v) is 8.76. The Balaban J connectivity index is 1.55. The number of halogens is 3. The largest absolute Gasteiger partial charge is 0.479 e. The molecular formula is C28H32F3N3O3S2. The van der Waals surface area contributed by atoms with E-state index < -0.39 is 23.8 Å². The van der Waals surface area contributed by atoms with Gasteiger partial charge in [-0.05, 0) is 63.6 Å². The molecule has 210 valence electrons. The van der Waals surface area contributed by atoms with Crippen molar-refractivity contribution in [2.45, 2.75) is 69.3 Å². The quantitative estimate of drug-likeness (QED) is 0.282. The molecule has 1 aliphatic heterocycles. The van der Waals surface area contributed by atoms with Crippen LogP contribution in [-0.4, -0.2) is 52.2 Å². The molecular weight excluding hydrogens is 547 g/mol. The van der Waals surface area contributed by atoms with Crippen LogP contribution in [0.1, 0.15) is 42.5 Å². The van der Waals surface area contributed by atoms with E-state index in [2.05, 4.69) is 24.1 Å². The lowest BCUT2D eigenvalue weighted by molar-refractivity contribution is -0.144. The van der Waals surface area contributed by atoms with Gasteiger partial charge in [0.2, 0.25) is 0 Å². The Hall–Kier alpha value is -2.60. The van der Waals surface area contributed by atoms with Gasteiger partial charge < -0.3 is 15.2 Å². The number of hydrogen-bond acceptors (Lipinski definition) is 7. The van der Waals surface area contributed by atoms with Crippen LogP contribution < -0.4 is 10.1 Å². The number of hydrogen-bond donors (Lipinski definition) is 2. The number of nitrogens with zero attached hydrogens (tertiary/aromatic N) is 2. The molecule has 3 atom stereocenters. The van der Waals surface area contributed by atoms with Gasteiger partial charge in [0.05, 0.1) is 11.3 Å². The molecule has 0 saturated carbocycles. The maximum atomic E-state index is 13.1. The SMILES string of the molecule is Cc1cc(SCc2sc(-c3ccc(C(F)(F)F)cc3)nc2CN2CC(C)NC(C)C2)ccc1OC(C)C(=O)O. The summed E-state index contributed by atoms with van der Waals surface area (Å²) in [5.74, 6) is 0.151. The Morgan fingerprint density at radius 2 is 1.87 bits per heavy atom. The van der Waals surface area contributed by atoms with Crippen LogP contribution in [0.3, 0.4) is 0 Å². The number of alkyl halides is 3. The molecule has 1 aromatic heterocycles. The smallest absolute Gasteiger partial charge is 0.416 e. The summed E-state index contributed by atoms with van der Waals surface area (Å²) in [7, 11) is 0. The number of aryl methyl sites for hydroxylation is 1. The van der Waals surface area contributed by atoms with Crippen LogP contribution in [0.25, 0.3) is 10.6 Å². The van der Waals surface area contributed by atoms with Crippen molar-refractivity contribution in [1.29, 1.82) is 0 Å². The summed E-state index contributed by atoms with van der Waals surface area (Å²) in [6.07, 6.45) is -5.32. The summed E-state index contributed by atoms with van der Waals surface area (Å²) in [5, 5.41) is 13.4. The van der Waals surface area contributed by atoms with Gasteiger partial charge in [0.25, 0.3) is 0 Å². The molecule has 6 nitrogen and oxygen atoms in total. The molecule has 39 heavy (non-hydrogen) atoms. The number of nitrogens with one attached hydrogen (secondary N) is 1. The van der Waals surface area contributed by atoms with Gasteiger partial charge in [0, 0.05) is 52.8 Å². The van der Waals surface area contributed by atoms with Crippen molar-refractivity contribution < 1.29 is 27.8 Å². The van der Waals surface area contributed by atoms with E-state index in [0.717, 1.165) is 46.3 Å². The summed E-state index contributed by atoms with van der Waals surface area (Å²) in [6, 6.07) is 11.5. The molecule has 1 aliphatic rings. The zero-order valence-corrected chi connectivity index (χ0v) is 23.8. The van der Waals surface area contributed by atoms with Crippen molar-refractivity contribution >= 4 is 29.1 Å². The predicted molar refractivity (Wildman–Crippen MR) is 148 cm³/mol. The van der Waals surface area contributed by atoms with Gasteiger partial charge in [-0.3, -0.25) is 4.90 Å². The number of thioether (sulfide) groups is 1. The van der Waals surface area contributed by atoms with Gasteiger partial charge in [-0.1, -0.05) is 12.1 Å². The number of carboxylic acids is 1. The topological polar surface area (TPSA) is 74.7 Å². The summed E-state index contributed by atoms with van der Waals surface area (Å²) in [5.41, 5.74) is 1.77. The second-order valence-corrected chi connectivity index (χ2v) is 12.1. The van der Waals surface area contributed by atoms with E-state index in [9.17, 15) is 18.0 Å². The highest BCUT2D eigenvalue weighted by molar-refractivity contribution is 7.98. The third kappa shape index (κ3) is 7.75. The first-order chi connectivity index (χ1) is 18.4. The molecule has 11 heteroatoms. The van der Waals surface area contributed by atoms with Crippen molar-refractivity contribution in [1.82, 2.24) is 15.2 Å². The van der Waals surface area contributed by atoms with E-state index in [1.165, 1.54) is 30.4 Å². The summed E-state index contributed by atoms with van der Waals surface area (Å²) < 4.78 is 44.7. The minimum Gasteiger partial charge on any atom is -0.479 e. The van der Waals surface area contributed by atoms with E-state index in [1.54, 1.807) is 17.8 Å². The Morgan fingerprint density at radius 1 is 1.21 bits per heavy atom. The highest BCUT2D eigenvalue weighted by atomic mass is 32.2. The third-order valence-electron chi connectivity index (χ3n) is 6.41. The molecule has 0 bridgehead atoms. The Kier molecular flexibility index (Phi) is 9.25. The first-order valence-electron chi connectivity index (χ1n) is 12.7. The average Bonchev–Trinajstić information content (AvgIpc) is 3.25. The molecule has 0 amide bonds. The second kappa shape index (κ2) is 12.3. The lowest BCUT2D eigenvalue weighted by atomic mass is 10.1. The fourth-order valence-corrected chi connectivity index (χ4v) is 6.73. The first-order valence-corrected chi connectivity index (χ1v) is 14.5. The molecule has 4 rings (SSSR count). The number of aromatic nitrogens is 1. The normalized spacial score (nSPS) is 19.2. The van der Waals surface area contributed by atoms with Gasteiger partial charge in [-0.15, -0.1) is 23.1 Å². The maximum Gasteiger partial charge on any atom is 0.416 e. The standard InChI is InChI=1S/C28H32F3N3O3S2/c1-16-11-22(9-10-24(16)37-19(4)27(35)36)38-15-25-23(14-34-12-17(2)32-18(3)13-34)33-26(39-25)20-5-7-21(8-6-20)28(29,30)31/h5-11,17-19,32H,12-15H2,1-4H3,(H,35,36). The van der Waals surface area contributed by atoms with Crippen LogP contribution in [-0.2, 0) is 23.3 Å². The van der Waals surface area contributed by atoms with Gasteiger partial charge in [-0.2, -0.15) is 13.2 Å². The maximum absolute atomic E-state index is 13.1. The molecule has 0 aliphatic carbocycles. The molecule has 3 aromatic rings. The number of aliphatic carboxylic acids is 1. The molecule has 2 N–H and O–H groups in total. The van der Waals surface area contributed by atoms with Crippen LogP contribution >= 0.6 is 23.1 Å². The van der Waals surface area contributed by atoms with Crippen molar-refractivity contribution in [3.63, 3.8) is 0 Å². The van der Waals surface area contributed by atoms with Crippen LogP contribution in [0, 0.1) is 6.92 Å². The zero-order chi connectivity index (χ0) is 28.3. The lowest BCUT2D eigenvalue weighted by Gasteiger charge is -2.35. The van der Waals surface area contributed by atoms with Gasteiger partial charge in [0.15, 0.2) is 6.10 Å². The van der Waals surface area contributed by atoms with Gasteiger partial charge in [0.1, 0.15) is 10.8 Å². The minimum atomic E-state index is -4.38. The van der Waals surface area contributed by atoms with Crippen molar-refractivity contribution in [2.75, 3.05) is 13.1 Å². The van der Waals surface area contributed by atoms with E-state index in [1.807, 2.05) is 19.1 Å². The number of carbonyl (C=O) groups is 1. The number of carboxylic acid groups (broad SMARTS) is 1. The molecule has 0 spiro atoms. The summed E-state index contributed by atoms with van der Waals surface area (Å²) in [4.78, 5) is 20.5. The van der Waals surface area contributed by atoms with Crippen molar-refractivity contribution in [2.24, 2.45) is 0 Å². The fourth-order valence-electron chi connectivity index (χ4n) is 4.56. The van der Waals surface area contributed by atoms with Crippen molar-refractivity contribution in [3.05, 3.63) is 64.2 Å². The Morgan fingerprint density at radius 3 is 2.46 bits per heavy atom. The second-order valence-electron chi connectivity index (χ2n) is 9.94. The van der Waals surface area contributed by atoms with Gasteiger partial charge >= 0.3 is 12.1 Å². The number of piperazine rings is 1. The number of thiazole rings is 1. The van der Waals surface area contributed by atoms with E-state index in [0.29, 0.717) is 40.7 Å². The van der Waals surface area contributed by atoms with Crippen LogP contribution in [0.4, 0.5) is 13.2 Å². The van der Waals surface area contributed by atoms with Crippen LogP contribution in [0.5, 0.6) is 5.75 Å². The molecule has 2 aromatic carbocycles.